The van der Waals surface area contributed by atoms with E-state index in [2.05, 4.69) is 0 Å². The Bertz CT molecular complexity index is 850. The minimum atomic E-state index is -3.88. The topological polar surface area (TPSA) is 74.7 Å². The van der Waals surface area contributed by atoms with Crippen molar-refractivity contribution in [2.24, 2.45) is 0 Å². The first-order valence-electron chi connectivity index (χ1n) is 7.78. The van der Waals surface area contributed by atoms with Crippen LogP contribution in [0, 0.1) is 5.82 Å². The Hall–Kier alpha value is -2.41. The number of aryl methyl sites for hydroxylation is 1. The highest BCUT2D eigenvalue weighted by Gasteiger charge is 2.33. The largest absolute Gasteiger partial charge is 0.480 e. The summed E-state index contributed by atoms with van der Waals surface area (Å²) in [5, 5.41) is 9.67. The van der Waals surface area contributed by atoms with E-state index in [0.717, 1.165) is 33.8 Å². The van der Waals surface area contributed by atoms with Crippen LogP contribution in [0.5, 0.6) is 0 Å². The molecule has 2 aromatic rings. The summed E-state index contributed by atoms with van der Waals surface area (Å²) in [5.74, 6) is -1.79. The minimum absolute atomic E-state index is 0.0177. The number of carboxylic acids is 1. The van der Waals surface area contributed by atoms with E-state index in [1.807, 2.05) is 19.1 Å². The van der Waals surface area contributed by atoms with Crippen molar-refractivity contribution in [1.82, 2.24) is 0 Å². The Labute approximate surface area is 146 Å². The average molecular weight is 365 g/mol. The van der Waals surface area contributed by atoms with Crippen LogP contribution in [0.3, 0.4) is 0 Å². The number of nitrogens with zero attached hydrogens (tertiary/aromatic N) is 1. The molecule has 0 aliphatic rings. The van der Waals surface area contributed by atoms with E-state index in [9.17, 15) is 22.7 Å². The predicted molar refractivity (Wildman–Crippen MR) is 94.7 cm³/mol. The molecule has 25 heavy (non-hydrogen) atoms. The van der Waals surface area contributed by atoms with Crippen LogP contribution in [0.4, 0.5) is 10.1 Å². The van der Waals surface area contributed by atoms with E-state index < -0.39 is 27.9 Å². The van der Waals surface area contributed by atoms with Crippen molar-refractivity contribution in [2.75, 3.05) is 10.6 Å². The first-order valence-corrected chi connectivity index (χ1v) is 9.63. The second-order valence-electron chi connectivity index (χ2n) is 5.72. The molecule has 134 valence electrons. The molecule has 5 nitrogen and oxygen atoms in total. The van der Waals surface area contributed by atoms with Crippen LogP contribution < -0.4 is 4.31 Å². The lowest BCUT2D eigenvalue weighted by atomic mass is 9.98. The Morgan fingerprint density at radius 2 is 1.68 bits per heavy atom. The average Bonchev–Trinajstić information content (AvgIpc) is 2.55. The van der Waals surface area contributed by atoms with Crippen molar-refractivity contribution in [3.63, 3.8) is 0 Å². The molecule has 1 unspecified atom stereocenters. The van der Waals surface area contributed by atoms with Crippen molar-refractivity contribution in [2.45, 2.75) is 25.8 Å². The number of aliphatic carboxylic acids is 1. The fraction of sp³-hybridized carbons (Fsp3) is 0.278. The minimum Gasteiger partial charge on any atom is -0.480 e. The van der Waals surface area contributed by atoms with E-state index in [-0.39, 0.29) is 12.1 Å². The Morgan fingerprint density at radius 3 is 2.16 bits per heavy atom. The van der Waals surface area contributed by atoms with Gasteiger partial charge in [0.15, 0.2) is 0 Å². The zero-order valence-corrected chi connectivity index (χ0v) is 14.8. The number of carbonyl (C=O) groups is 1. The third-order valence-corrected chi connectivity index (χ3v) is 5.10. The fourth-order valence-corrected chi connectivity index (χ4v) is 3.90. The second kappa shape index (κ2) is 7.65. The highest BCUT2D eigenvalue weighted by Crippen LogP contribution is 2.24. The highest BCUT2D eigenvalue weighted by molar-refractivity contribution is 7.92. The van der Waals surface area contributed by atoms with Crippen molar-refractivity contribution in [1.29, 1.82) is 0 Å². The van der Waals surface area contributed by atoms with Crippen molar-refractivity contribution in [3.05, 3.63) is 65.5 Å². The first kappa shape index (κ1) is 18.9. The molecule has 0 amide bonds. The third-order valence-electron chi connectivity index (χ3n) is 3.92. The summed E-state index contributed by atoms with van der Waals surface area (Å²) in [5.41, 5.74) is 1.85. The summed E-state index contributed by atoms with van der Waals surface area (Å²) < 4.78 is 38.6. The fourth-order valence-electron chi connectivity index (χ4n) is 2.77. The molecule has 0 spiro atoms. The lowest BCUT2D eigenvalue weighted by molar-refractivity contribution is -0.138. The predicted octanol–water partition coefficient (Wildman–Crippen LogP) is 2.85. The van der Waals surface area contributed by atoms with Gasteiger partial charge in [0.1, 0.15) is 11.9 Å². The maximum Gasteiger partial charge on any atom is 0.327 e. The zero-order valence-electron chi connectivity index (χ0n) is 14.0. The lowest BCUT2D eigenvalue weighted by Gasteiger charge is -2.29. The Kier molecular flexibility index (Phi) is 5.79. The Morgan fingerprint density at radius 1 is 1.12 bits per heavy atom. The molecule has 0 saturated carbocycles. The van der Waals surface area contributed by atoms with Crippen LogP contribution in [-0.2, 0) is 27.7 Å². The van der Waals surface area contributed by atoms with Crippen LogP contribution in [0.1, 0.15) is 18.1 Å². The number of carboxylic acid groups (broad SMARTS) is 1. The number of halogens is 1. The summed E-state index contributed by atoms with van der Waals surface area (Å²) in [6.07, 6.45) is 1.67. The van der Waals surface area contributed by atoms with Gasteiger partial charge in [-0.25, -0.2) is 17.6 Å². The van der Waals surface area contributed by atoms with Crippen LogP contribution in [0.2, 0.25) is 0 Å². The molecule has 0 bridgehead atoms. The number of hydrogen-bond donors (Lipinski definition) is 1. The maximum absolute atomic E-state index is 13.2. The van der Waals surface area contributed by atoms with Crippen molar-refractivity contribution in [3.8, 4) is 0 Å². The number of sulfonamides is 1. The first-order chi connectivity index (χ1) is 11.7. The maximum atomic E-state index is 13.2. The van der Waals surface area contributed by atoms with Gasteiger partial charge in [0.05, 0.1) is 11.9 Å². The van der Waals surface area contributed by atoms with Gasteiger partial charge in [0.2, 0.25) is 10.0 Å². The number of hydrogen-bond acceptors (Lipinski definition) is 3. The third kappa shape index (κ3) is 4.57. The monoisotopic (exact) mass is 365 g/mol. The van der Waals surface area contributed by atoms with Gasteiger partial charge < -0.3 is 5.11 Å². The lowest BCUT2D eigenvalue weighted by Crippen LogP contribution is -2.46. The second-order valence-corrected chi connectivity index (χ2v) is 7.58. The van der Waals surface area contributed by atoms with Gasteiger partial charge in [-0.05, 0) is 41.8 Å². The smallest absolute Gasteiger partial charge is 0.327 e. The Balaban J connectivity index is 2.50. The summed E-state index contributed by atoms with van der Waals surface area (Å²) in [6.45, 7) is 1.95. The summed E-state index contributed by atoms with van der Waals surface area (Å²) in [6, 6.07) is 10.7. The number of rotatable bonds is 7. The molecule has 0 saturated heterocycles. The van der Waals surface area contributed by atoms with E-state index in [4.69, 9.17) is 0 Å². The molecule has 1 atom stereocenters. The molecule has 0 aromatic heterocycles. The van der Waals surface area contributed by atoms with Gasteiger partial charge in [-0.2, -0.15) is 0 Å². The molecule has 1 N–H and O–H groups in total. The molecular weight excluding hydrogens is 345 g/mol. The van der Waals surface area contributed by atoms with Crippen LogP contribution in [-0.4, -0.2) is 31.8 Å². The molecule has 0 fully saturated rings. The normalized spacial score (nSPS) is 12.6. The van der Waals surface area contributed by atoms with Crippen LogP contribution in [0.15, 0.2) is 48.5 Å². The van der Waals surface area contributed by atoms with Gasteiger partial charge >= 0.3 is 5.97 Å². The van der Waals surface area contributed by atoms with Gasteiger partial charge in [-0.3, -0.25) is 4.31 Å². The highest BCUT2D eigenvalue weighted by atomic mass is 32.2. The summed E-state index contributed by atoms with van der Waals surface area (Å²) >= 11 is 0. The van der Waals surface area contributed by atoms with Crippen LogP contribution >= 0.6 is 0 Å². The quantitative estimate of drug-likeness (QED) is 0.819. The number of benzene rings is 2. The molecule has 7 heteroatoms. The molecular formula is C18H20FNO4S. The van der Waals surface area contributed by atoms with Crippen molar-refractivity contribution < 1.29 is 22.7 Å². The van der Waals surface area contributed by atoms with Gasteiger partial charge in [0, 0.05) is 6.42 Å². The van der Waals surface area contributed by atoms with Crippen LogP contribution in [0.25, 0.3) is 0 Å². The van der Waals surface area contributed by atoms with Crippen molar-refractivity contribution >= 4 is 21.7 Å². The van der Waals surface area contributed by atoms with E-state index >= 15 is 0 Å². The number of anilines is 1. The molecule has 0 radical (unpaired) electrons. The van der Waals surface area contributed by atoms with E-state index in [1.165, 1.54) is 12.1 Å². The van der Waals surface area contributed by atoms with Gasteiger partial charge in [-0.1, -0.05) is 31.2 Å². The molecule has 0 heterocycles. The molecule has 2 aromatic carbocycles. The molecule has 2 rings (SSSR count). The summed E-state index contributed by atoms with van der Waals surface area (Å²) in [4.78, 5) is 11.9. The van der Waals surface area contributed by atoms with Gasteiger partial charge in [-0.15, -0.1) is 0 Å². The summed E-state index contributed by atoms with van der Waals surface area (Å²) in [7, 11) is -3.88. The standard InChI is InChI=1S/C18H20FNO4S/c1-3-13-6-4-5-7-14(13)12-17(18(21)22)20(25(2,23)24)16-10-8-15(19)9-11-16/h4-11,17H,3,12H2,1-2H3,(H,21,22). The van der Waals surface area contributed by atoms with Gasteiger partial charge in [0.25, 0.3) is 0 Å². The van der Waals surface area contributed by atoms with E-state index in [0.29, 0.717) is 6.42 Å². The molecule has 0 aliphatic heterocycles. The molecule has 0 aliphatic carbocycles. The van der Waals surface area contributed by atoms with E-state index in [1.54, 1.807) is 12.1 Å². The SMILES string of the molecule is CCc1ccccc1CC(C(=O)O)N(c1ccc(F)cc1)S(C)(=O)=O. The zero-order chi connectivity index (χ0) is 18.6.